The zero-order valence-corrected chi connectivity index (χ0v) is 14.7. The van der Waals surface area contributed by atoms with E-state index in [9.17, 15) is 0 Å². The Morgan fingerprint density at radius 3 is 2.54 bits per heavy atom. The average Bonchev–Trinajstić information content (AvgIpc) is 2.63. The van der Waals surface area contributed by atoms with Crippen LogP contribution in [0.2, 0.25) is 5.02 Å². The molecular formula is C20H24ClNO2. The van der Waals surface area contributed by atoms with Gasteiger partial charge in [-0.2, -0.15) is 0 Å². The van der Waals surface area contributed by atoms with E-state index >= 15 is 0 Å². The lowest BCUT2D eigenvalue weighted by Gasteiger charge is -2.26. The molecule has 24 heavy (non-hydrogen) atoms. The largest absolute Gasteiger partial charge is 0.489 e. The molecule has 3 nitrogen and oxygen atoms in total. The summed E-state index contributed by atoms with van der Waals surface area (Å²) in [6, 6.07) is 16.1. The number of aryl methyl sites for hydroxylation is 1. The summed E-state index contributed by atoms with van der Waals surface area (Å²) >= 11 is 5.92. The second-order valence-electron chi connectivity index (χ2n) is 6.08. The molecule has 0 atom stereocenters. The second kappa shape index (κ2) is 9.07. The van der Waals surface area contributed by atoms with Crippen molar-refractivity contribution in [2.24, 2.45) is 0 Å². The molecule has 0 spiro atoms. The Bertz CT molecular complexity index is 624. The Morgan fingerprint density at radius 1 is 1.00 bits per heavy atom. The van der Waals surface area contributed by atoms with Crippen LogP contribution in [0.25, 0.3) is 0 Å². The fourth-order valence-corrected chi connectivity index (χ4v) is 3.04. The van der Waals surface area contributed by atoms with Gasteiger partial charge in [-0.1, -0.05) is 41.9 Å². The number of para-hydroxylation sites is 1. The van der Waals surface area contributed by atoms with E-state index < -0.39 is 0 Å². The van der Waals surface area contributed by atoms with Crippen LogP contribution < -0.4 is 4.74 Å². The van der Waals surface area contributed by atoms with Crippen LogP contribution in [-0.4, -0.2) is 37.7 Å². The Hall–Kier alpha value is -1.55. The van der Waals surface area contributed by atoms with Crippen molar-refractivity contribution in [3.63, 3.8) is 0 Å². The summed E-state index contributed by atoms with van der Waals surface area (Å²) in [5.74, 6) is 0.981. The molecule has 0 aromatic heterocycles. The van der Waals surface area contributed by atoms with Crippen LogP contribution >= 0.6 is 11.6 Å². The highest BCUT2D eigenvalue weighted by molar-refractivity contribution is 6.30. The number of ether oxygens (including phenoxy) is 2. The molecule has 0 N–H and O–H groups in total. The van der Waals surface area contributed by atoms with Crippen LogP contribution in [0.4, 0.5) is 0 Å². The van der Waals surface area contributed by atoms with E-state index in [1.807, 2.05) is 30.3 Å². The summed E-state index contributed by atoms with van der Waals surface area (Å²) in [7, 11) is 0. The molecule has 128 valence electrons. The molecule has 1 aliphatic heterocycles. The summed E-state index contributed by atoms with van der Waals surface area (Å²) in [5.41, 5.74) is 2.40. The van der Waals surface area contributed by atoms with Crippen molar-refractivity contribution in [3.05, 3.63) is 64.7 Å². The minimum atomic E-state index is 0.567. The molecule has 2 aromatic rings. The number of halogens is 1. The molecule has 1 aliphatic rings. The monoisotopic (exact) mass is 345 g/mol. The molecule has 3 rings (SSSR count). The lowest BCUT2D eigenvalue weighted by Crippen LogP contribution is -2.36. The highest BCUT2D eigenvalue weighted by atomic mass is 35.5. The van der Waals surface area contributed by atoms with Crippen LogP contribution in [0.5, 0.6) is 5.75 Å². The molecule has 0 amide bonds. The van der Waals surface area contributed by atoms with E-state index in [0.29, 0.717) is 6.61 Å². The van der Waals surface area contributed by atoms with Crippen molar-refractivity contribution in [3.8, 4) is 5.75 Å². The van der Waals surface area contributed by atoms with Crippen molar-refractivity contribution >= 4 is 11.6 Å². The van der Waals surface area contributed by atoms with Crippen LogP contribution in [0.3, 0.4) is 0 Å². The predicted octanol–water partition coefficient (Wildman–Crippen LogP) is 4.18. The normalized spacial score (nSPS) is 15.4. The van der Waals surface area contributed by atoms with Gasteiger partial charge in [0.25, 0.3) is 0 Å². The summed E-state index contributed by atoms with van der Waals surface area (Å²) in [5, 5.41) is 0.752. The SMILES string of the molecule is Clc1ccc(COc2ccccc2CCCN2CCOCC2)cc1. The van der Waals surface area contributed by atoms with Crippen molar-refractivity contribution in [2.75, 3.05) is 32.8 Å². The second-order valence-corrected chi connectivity index (χ2v) is 6.52. The van der Waals surface area contributed by atoms with Gasteiger partial charge in [0.1, 0.15) is 12.4 Å². The maximum Gasteiger partial charge on any atom is 0.122 e. The number of hydrogen-bond acceptors (Lipinski definition) is 3. The minimum Gasteiger partial charge on any atom is -0.489 e. The third kappa shape index (κ3) is 5.23. The van der Waals surface area contributed by atoms with E-state index in [1.54, 1.807) is 0 Å². The first-order valence-electron chi connectivity index (χ1n) is 8.56. The summed E-state index contributed by atoms with van der Waals surface area (Å²) in [6.07, 6.45) is 2.18. The lowest BCUT2D eigenvalue weighted by atomic mass is 10.1. The number of benzene rings is 2. The van der Waals surface area contributed by atoms with Gasteiger partial charge in [-0.25, -0.2) is 0 Å². The number of rotatable bonds is 7. The summed E-state index contributed by atoms with van der Waals surface area (Å²) in [4.78, 5) is 2.47. The zero-order valence-electron chi connectivity index (χ0n) is 13.9. The van der Waals surface area contributed by atoms with Crippen LogP contribution in [0, 0.1) is 0 Å². The third-order valence-electron chi connectivity index (χ3n) is 4.30. The van der Waals surface area contributed by atoms with E-state index in [1.165, 1.54) is 5.56 Å². The van der Waals surface area contributed by atoms with Gasteiger partial charge in [0.05, 0.1) is 13.2 Å². The Labute approximate surface area is 149 Å². The fourth-order valence-electron chi connectivity index (χ4n) is 2.91. The van der Waals surface area contributed by atoms with E-state index in [4.69, 9.17) is 21.1 Å². The van der Waals surface area contributed by atoms with Crippen LogP contribution in [0.1, 0.15) is 17.5 Å². The van der Waals surface area contributed by atoms with Crippen molar-refractivity contribution in [1.29, 1.82) is 0 Å². The molecule has 1 fully saturated rings. The number of morpholine rings is 1. The van der Waals surface area contributed by atoms with Gasteiger partial charge < -0.3 is 9.47 Å². The molecule has 1 saturated heterocycles. The van der Waals surface area contributed by atoms with E-state index in [2.05, 4.69) is 23.1 Å². The average molecular weight is 346 g/mol. The Balaban J connectivity index is 1.51. The molecule has 2 aromatic carbocycles. The van der Waals surface area contributed by atoms with Gasteiger partial charge in [0, 0.05) is 18.1 Å². The molecular weight excluding hydrogens is 322 g/mol. The van der Waals surface area contributed by atoms with Crippen molar-refractivity contribution in [2.45, 2.75) is 19.4 Å². The first-order chi connectivity index (χ1) is 11.8. The summed E-state index contributed by atoms with van der Waals surface area (Å²) < 4.78 is 11.4. The Morgan fingerprint density at radius 2 is 1.75 bits per heavy atom. The van der Waals surface area contributed by atoms with E-state index in [-0.39, 0.29) is 0 Å². The van der Waals surface area contributed by atoms with Crippen molar-refractivity contribution in [1.82, 2.24) is 4.90 Å². The highest BCUT2D eigenvalue weighted by Crippen LogP contribution is 2.21. The quantitative estimate of drug-likeness (QED) is 0.751. The molecule has 0 saturated carbocycles. The summed E-state index contributed by atoms with van der Waals surface area (Å²) in [6.45, 7) is 5.51. The van der Waals surface area contributed by atoms with Crippen LogP contribution in [0.15, 0.2) is 48.5 Å². The molecule has 4 heteroatoms. The maximum atomic E-state index is 6.03. The van der Waals surface area contributed by atoms with Gasteiger partial charge in [-0.3, -0.25) is 4.90 Å². The smallest absolute Gasteiger partial charge is 0.122 e. The van der Waals surface area contributed by atoms with Crippen molar-refractivity contribution < 1.29 is 9.47 Å². The maximum absolute atomic E-state index is 6.03. The molecule has 0 bridgehead atoms. The predicted molar refractivity (Wildman–Crippen MR) is 97.8 cm³/mol. The standard InChI is InChI=1S/C20H24ClNO2/c21-19-9-7-17(8-10-19)16-24-20-6-2-1-4-18(20)5-3-11-22-12-14-23-15-13-22/h1-2,4,6-10H,3,5,11-16H2. The van der Waals surface area contributed by atoms with Gasteiger partial charge in [0.2, 0.25) is 0 Å². The van der Waals surface area contributed by atoms with Gasteiger partial charge in [0.15, 0.2) is 0 Å². The van der Waals surface area contributed by atoms with Crippen LogP contribution in [-0.2, 0) is 17.8 Å². The van der Waals surface area contributed by atoms with Gasteiger partial charge in [-0.05, 0) is 48.7 Å². The Kier molecular flexibility index (Phi) is 6.53. The van der Waals surface area contributed by atoms with Gasteiger partial charge >= 0.3 is 0 Å². The lowest BCUT2D eigenvalue weighted by molar-refractivity contribution is 0.0374. The fraction of sp³-hybridized carbons (Fsp3) is 0.400. The zero-order chi connectivity index (χ0) is 16.6. The first-order valence-corrected chi connectivity index (χ1v) is 8.94. The number of nitrogens with zero attached hydrogens (tertiary/aromatic N) is 1. The molecule has 0 unspecified atom stereocenters. The molecule has 1 heterocycles. The topological polar surface area (TPSA) is 21.7 Å². The van der Waals surface area contributed by atoms with Gasteiger partial charge in [-0.15, -0.1) is 0 Å². The molecule has 0 aliphatic carbocycles. The number of hydrogen-bond donors (Lipinski definition) is 0. The minimum absolute atomic E-state index is 0.567. The third-order valence-corrected chi connectivity index (χ3v) is 4.56. The van der Waals surface area contributed by atoms with E-state index in [0.717, 1.165) is 62.0 Å². The first kappa shape index (κ1) is 17.3. The molecule has 0 radical (unpaired) electrons. The highest BCUT2D eigenvalue weighted by Gasteiger charge is 2.10.